The molecule has 9 nitrogen and oxygen atoms in total. The summed E-state index contributed by atoms with van der Waals surface area (Å²) in [4.78, 5) is 39.6. The summed E-state index contributed by atoms with van der Waals surface area (Å²) in [6.07, 6.45) is 6.55. The van der Waals surface area contributed by atoms with Crippen molar-refractivity contribution in [1.29, 1.82) is 5.26 Å². The number of carbonyl (C=O) groups is 3. The zero-order valence-corrected chi connectivity index (χ0v) is 18.6. The Morgan fingerprint density at radius 1 is 1.19 bits per heavy atom. The van der Waals surface area contributed by atoms with Crippen LogP contribution in [-0.4, -0.2) is 59.5 Å². The van der Waals surface area contributed by atoms with Crippen molar-refractivity contribution in [3.05, 3.63) is 0 Å². The summed E-state index contributed by atoms with van der Waals surface area (Å²) in [5, 5.41) is 12.4. The SMILES string of the molecule is CN[C@@H](CC(N)=O)C(=O)OC12CC3C[C@H](C1)CC([C@H](N)C(=O)N1C4CC4C[C@H]1C#N)(C3)C2. The molecule has 5 aliphatic carbocycles. The molecule has 174 valence electrons. The molecule has 6 rings (SSSR count). The second-order valence-corrected chi connectivity index (χ2v) is 11.1. The van der Waals surface area contributed by atoms with Crippen LogP contribution in [0.2, 0.25) is 0 Å². The Kier molecular flexibility index (Phi) is 5.02. The lowest BCUT2D eigenvalue weighted by Gasteiger charge is -2.62. The van der Waals surface area contributed by atoms with Gasteiger partial charge in [0.15, 0.2) is 0 Å². The Morgan fingerprint density at radius 3 is 2.47 bits per heavy atom. The molecule has 0 aromatic rings. The Bertz CT molecular complexity index is 870. The number of nitrogens with one attached hydrogen (secondary N) is 1. The number of fused-ring (bicyclic) bond motifs is 1. The number of nitriles is 1. The van der Waals surface area contributed by atoms with Crippen molar-refractivity contribution in [3.8, 4) is 6.07 Å². The molecule has 5 unspecified atom stereocenters. The molecule has 4 bridgehead atoms. The molecule has 0 spiro atoms. The third kappa shape index (κ3) is 3.39. The van der Waals surface area contributed by atoms with Crippen molar-refractivity contribution in [2.24, 2.45) is 34.6 Å². The van der Waals surface area contributed by atoms with Crippen LogP contribution in [0.15, 0.2) is 0 Å². The fraction of sp³-hybridized carbons (Fsp3) is 0.826. The summed E-state index contributed by atoms with van der Waals surface area (Å²) in [6.45, 7) is 0. The fourth-order valence-corrected chi connectivity index (χ4v) is 7.83. The van der Waals surface area contributed by atoms with Crippen LogP contribution in [0, 0.1) is 34.5 Å². The molecule has 2 amide bonds. The minimum Gasteiger partial charge on any atom is -0.458 e. The van der Waals surface area contributed by atoms with Crippen LogP contribution in [0.3, 0.4) is 0 Å². The van der Waals surface area contributed by atoms with Crippen molar-refractivity contribution in [2.45, 2.75) is 87.6 Å². The molecule has 32 heavy (non-hydrogen) atoms. The first-order valence-electron chi connectivity index (χ1n) is 11.8. The average molecular weight is 444 g/mol. The molecule has 5 saturated carbocycles. The van der Waals surface area contributed by atoms with Crippen LogP contribution in [0.5, 0.6) is 0 Å². The number of hydrogen-bond acceptors (Lipinski definition) is 7. The van der Waals surface area contributed by atoms with Gasteiger partial charge in [0.2, 0.25) is 11.8 Å². The number of rotatable bonds is 7. The Morgan fingerprint density at radius 2 is 1.88 bits per heavy atom. The van der Waals surface area contributed by atoms with E-state index in [4.69, 9.17) is 16.2 Å². The summed E-state index contributed by atoms with van der Waals surface area (Å²) in [5.41, 5.74) is 11.0. The largest absolute Gasteiger partial charge is 0.458 e. The van der Waals surface area contributed by atoms with Crippen LogP contribution < -0.4 is 16.8 Å². The van der Waals surface area contributed by atoms with Gasteiger partial charge in [0.1, 0.15) is 17.7 Å². The highest BCUT2D eigenvalue weighted by Gasteiger charge is 2.64. The number of nitrogens with two attached hydrogens (primary N) is 2. The van der Waals surface area contributed by atoms with E-state index >= 15 is 0 Å². The second kappa shape index (κ2) is 7.42. The maximum atomic E-state index is 13.6. The first kappa shape index (κ1) is 21.7. The molecule has 0 aromatic carbocycles. The van der Waals surface area contributed by atoms with Gasteiger partial charge >= 0.3 is 5.97 Å². The highest BCUT2D eigenvalue weighted by Crippen LogP contribution is 2.64. The first-order chi connectivity index (χ1) is 15.2. The lowest BCUT2D eigenvalue weighted by atomic mass is 9.46. The third-order valence-electron chi connectivity index (χ3n) is 8.84. The van der Waals surface area contributed by atoms with Gasteiger partial charge in [0.05, 0.1) is 18.5 Å². The number of primary amides is 1. The van der Waals surface area contributed by atoms with Gasteiger partial charge in [0, 0.05) is 6.04 Å². The number of piperidine rings is 1. The van der Waals surface area contributed by atoms with Crippen molar-refractivity contribution < 1.29 is 19.1 Å². The lowest BCUT2D eigenvalue weighted by molar-refractivity contribution is -0.207. The van der Waals surface area contributed by atoms with Gasteiger partial charge in [-0.25, -0.2) is 0 Å². The van der Waals surface area contributed by atoms with E-state index in [1.54, 1.807) is 11.9 Å². The fourth-order valence-electron chi connectivity index (χ4n) is 7.83. The van der Waals surface area contributed by atoms with Crippen LogP contribution in [0.4, 0.5) is 0 Å². The minimum absolute atomic E-state index is 0.105. The molecule has 9 heteroatoms. The molecular weight excluding hydrogens is 410 g/mol. The predicted octanol–water partition coefficient (Wildman–Crippen LogP) is 0.172. The van der Waals surface area contributed by atoms with Crippen molar-refractivity contribution in [1.82, 2.24) is 10.2 Å². The molecule has 6 aliphatic rings. The number of likely N-dealkylation sites (N-methyl/N-ethyl adjacent to an activating group) is 1. The van der Waals surface area contributed by atoms with E-state index in [-0.39, 0.29) is 24.4 Å². The summed E-state index contributed by atoms with van der Waals surface area (Å²) < 4.78 is 6.11. The number of amides is 2. The Labute approximate surface area is 188 Å². The monoisotopic (exact) mass is 443 g/mol. The summed E-state index contributed by atoms with van der Waals surface area (Å²) in [6, 6.07) is 0.620. The van der Waals surface area contributed by atoms with Gasteiger partial charge in [-0.2, -0.15) is 5.26 Å². The van der Waals surface area contributed by atoms with E-state index in [0.29, 0.717) is 24.2 Å². The van der Waals surface area contributed by atoms with Gasteiger partial charge in [-0.1, -0.05) is 0 Å². The van der Waals surface area contributed by atoms with Gasteiger partial charge in [-0.15, -0.1) is 0 Å². The molecule has 5 N–H and O–H groups in total. The Balaban J connectivity index is 1.36. The van der Waals surface area contributed by atoms with Gasteiger partial charge in [-0.3, -0.25) is 14.4 Å². The van der Waals surface area contributed by atoms with Gasteiger partial charge < -0.3 is 26.4 Å². The van der Waals surface area contributed by atoms with E-state index in [1.165, 1.54) is 0 Å². The molecule has 0 radical (unpaired) electrons. The minimum atomic E-state index is -0.778. The maximum absolute atomic E-state index is 13.6. The van der Waals surface area contributed by atoms with Crippen molar-refractivity contribution in [2.75, 3.05) is 7.05 Å². The highest BCUT2D eigenvalue weighted by molar-refractivity contribution is 5.85. The normalized spacial score (nSPS) is 42.7. The molecule has 1 heterocycles. The van der Waals surface area contributed by atoms with Crippen molar-refractivity contribution in [3.63, 3.8) is 0 Å². The van der Waals surface area contributed by atoms with E-state index in [2.05, 4.69) is 11.4 Å². The van der Waals surface area contributed by atoms with Crippen LogP contribution in [0.1, 0.15) is 57.8 Å². The number of carbonyl (C=O) groups excluding carboxylic acids is 3. The van der Waals surface area contributed by atoms with E-state index in [1.807, 2.05) is 0 Å². The molecule has 1 aliphatic heterocycles. The smallest absolute Gasteiger partial charge is 0.324 e. The second-order valence-electron chi connectivity index (χ2n) is 11.1. The first-order valence-corrected chi connectivity index (χ1v) is 11.8. The zero-order chi connectivity index (χ0) is 22.8. The average Bonchev–Trinajstić information content (AvgIpc) is 3.39. The number of likely N-dealkylation sites (tertiary alicyclic amines) is 1. The van der Waals surface area contributed by atoms with Gasteiger partial charge in [-0.05, 0) is 81.6 Å². The summed E-state index contributed by atoms with van der Waals surface area (Å²) in [7, 11) is 1.61. The van der Waals surface area contributed by atoms with E-state index < -0.39 is 35.0 Å². The number of esters is 1. The summed E-state index contributed by atoms with van der Waals surface area (Å²) in [5.74, 6) is 0.0485. The maximum Gasteiger partial charge on any atom is 0.324 e. The summed E-state index contributed by atoms with van der Waals surface area (Å²) >= 11 is 0. The standard InChI is InChI=1S/C23H33N5O4/c1-27-16(5-18(25)29)21(31)32-23-8-12-2-13(9-23)7-22(6-12,11-23)19(26)20(30)28-15(10-24)3-14-4-17(14)28/h12-17,19,27H,2-9,11,26H2,1H3,(H2,25,29)/t12-,13?,14?,15-,16-,17?,19+,22?,23?/m0/s1. The lowest BCUT2D eigenvalue weighted by Crippen LogP contribution is -2.66. The van der Waals surface area contributed by atoms with E-state index in [0.717, 1.165) is 44.9 Å². The van der Waals surface area contributed by atoms with Crippen LogP contribution in [-0.2, 0) is 19.1 Å². The number of nitrogens with zero attached hydrogens (tertiary/aromatic N) is 2. The van der Waals surface area contributed by atoms with E-state index in [9.17, 15) is 19.6 Å². The molecule has 9 atom stereocenters. The van der Waals surface area contributed by atoms with Crippen LogP contribution in [0.25, 0.3) is 0 Å². The predicted molar refractivity (Wildman–Crippen MR) is 113 cm³/mol. The number of hydrogen-bond donors (Lipinski definition) is 3. The molecule has 6 fully saturated rings. The number of ether oxygens (including phenoxy) is 1. The molecule has 0 aromatic heterocycles. The molecule has 1 saturated heterocycles. The Hall–Kier alpha value is -2.18. The van der Waals surface area contributed by atoms with Gasteiger partial charge in [0.25, 0.3) is 0 Å². The zero-order valence-electron chi connectivity index (χ0n) is 18.6. The van der Waals surface area contributed by atoms with Crippen LogP contribution >= 0.6 is 0 Å². The highest BCUT2D eigenvalue weighted by atomic mass is 16.6. The topological polar surface area (TPSA) is 152 Å². The van der Waals surface area contributed by atoms with Crippen molar-refractivity contribution >= 4 is 17.8 Å². The molecular formula is C23H33N5O4. The quantitative estimate of drug-likeness (QED) is 0.474. The third-order valence-corrected chi connectivity index (χ3v) is 8.84.